The summed E-state index contributed by atoms with van der Waals surface area (Å²) in [5.41, 5.74) is -0.0817. The lowest BCUT2D eigenvalue weighted by atomic mass is 10.1. The van der Waals surface area contributed by atoms with Gasteiger partial charge in [-0.15, -0.1) is 0 Å². The molecule has 1 aromatic heterocycles. The Labute approximate surface area is 68.2 Å². The Morgan fingerprint density at radius 2 is 2.00 bits per heavy atom. The van der Waals surface area contributed by atoms with Gasteiger partial charge in [0.25, 0.3) is 12.0 Å². The number of aryl methyl sites for hydroxylation is 1. The number of pyridine rings is 1. The highest BCUT2D eigenvalue weighted by molar-refractivity contribution is 5.30. The first-order valence-electron chi connectivity index (χ1n) is 3.51. The molecule has 0 saturated carbocycles. The van der Waals surface area contributed by atoms with Gasteiger partial charge in [-0.1, -0.05) is 0 Å². The Balaban J connectivity index is 3.43. The van der Waals surface area contributed by atoms with Gasteiger partial charge in [-0.2, -0.15) is 0 Å². The van der Waals surface area contributed by atoms with E-state index >= 15 is 0 Å². The molecule has 66 valence electrons. The molecule has 12 heavy (non-hydrogen) atoms. The molecule has 1 aromatic rings. The molecule has 0 bridgehead atoms. The first kappa shape index (κ1) is 8.90. The molecule has 0 fully saturated rings. The van der Waals surface area contributed by atoms with Gasteiger partial charge in [0.2, 0.25) is 0 Å². The molecule has 0 radical (unpaired) electrons. The van der Waals surface area contributed by atoms with Crippen molar-refractivity contribution in [2.45, 2.75) is 20.3 Å². The van der Waals surface area contributed by atoms with Crippen molar-refractivity contribution < 1.29 is 8.78 Å². The molecule has 0 aromatic carbocycles. The lowest BCUT2D eigenvalue weighted by molar-refractivity contribution is 0.149. The minimum atomic E-state index is -2.58. The number of nitrogens with one attached hydrogen (secondary N) is 1. The van der Waals surface area contributed by atoms with Crippen molar-refractivity contribution >= 4 is 0 Å². The SMILES string of the molecule is Cc1c[nH]c(=O)c(C)c1C(F)F. The maximum absolute atomic E-state index is 12.3. The number of aromatic amines is 1. The van der Waals surface area contributed by atoms with Crippen LogP contribution in [0, 0.1) is 13.8 Å². The average Bonchev–Trinajstić information content (AvgIpc) is 1.97. The van der Waals surface area contributed by atoms with Gasteiger partial charge in [-0.25, -0.2) is 8.78 Å². The third kappa shape index (κ3) is 1.37. The van der Waals surface area contributed by atoms with Crippen molar-refractivity contribution in [1.29, 1.82) is 0 Å². The maximum Gasteiger partial charge on any atom is 0.264 e. The molecule has 0 aliphatic rings. The normalized spacial score (nSPS) is 10.8. The lowest BCUT2D eigenvalue weighted by Crippen LogP contribution is -2.13. The number of halogens is 2. The van der Waals surface area contributed by atoms with E-state index in [1.54, 1.807) is 6.92 Å². The van der Waals surface area contributed by atoms with Crippen molar-refractivity contribution in [3.8, 4) is 0 Å². The summed E-state index contributed by atoms with van der Waals surface area (Å²) in [7, 11) is 0. The summed E-state index contributed by atoms with van der Waals surface area (Å²) in [5.74, 6) is 0. The standard InChI is InChI=1S/C8H9F2NO/c1-4-3-11-8(12)5(2)6(4)7(9)10/h3,7H,1-2H3,(H,11,12). The highest BCUT2D eigenvalue weighted by Crippen LogP contribution is 2.22. The van der Waals surface area contributed by atoms with Crippen molar-refractivity contribution in [3.05, 3.63) is 33.2 Å². The smallest absolute Gasteiger partial charge is 0.264 e. The molecule has 0 amide bonds. The highest BCUT2D eigenvalue weighted by atomic mass is 19.3. The van der Waals surface area contributed by atoms with Crippen LogP contribution in [0.3, 0.4) is 0 Å². The highest BCUT2D eigenvalue weighted by Gasteiger charge is 2.15. The van der Waals surface area contributed by atoms with Crippen LogP contribution in [0.15, 0.2) is 11.0 Å². The molecular weight excluding hydrogens is 164 g/mol. The van der Waals surface area contributed by atoms with Gasteiger partial charge >= 0.3 is 0 Å². The van der Waals surface area contributed by atoms with E-state index in [1.807, 2.05) is 0 Å². The van der Waals surface area contributed by atoms with Crippen LogP contribution in [0.25, 0.3) is 0 Å². The summed E-state index contributed by atoms with van der Waals surface area (Å²) in [5, 5.41) is 0. The number of H-pyrrole nitrogens is 1. The van der Waals surface area contributed by atoms with Gasteiger partial charge in [0.1, 0.15) is 0 Å². The Morgan fingerprint density at radius 1 is 1.42 bits per heavy atom. The Kier molecular flexibility index (Phi) is 2.26. The summed E-state index contributed by atoms with van der Waals surface area (Å²) in [6.45, 7) is 2.94. The zero-order valence-electron chi connectivity index (χ0n) is 6.82. The second-order valence-electron chi connectivity index (χ2n) is 2.64. The number of hydrogen-bond donors (Lipinski definition) is 1. The fourth-order valence-electron chi connectivity index (χ4n) is 1.11. The number of hydrogen-bond acceptors (Lipinski definition) is 1. The van der Waals surface area contributed by atoms with Crippen LogP contribution in [0.5, 0.6) is 0 Å². The Bertz CT molecular complexity index is 343. The second-order valence-corrected chi connectivity index (χ2v) is 2.64. The molecule has 4 heteroatoms. The van der Waals surface area contributed by atoms with E-state index in [0.29, 0.717) is 5.56 Å². The van der Waals surface area contributed by atoms with Gasteiger partial charge in [-0.3, -0.25) is 4.79 Å². The van der Waals surface area contributed by atoms with E-state index in [4.69, 9.17) is 0 Å². The predicted molar refractivity (Wildman–Crippen MR) is 41.5 cm³/mol. The quantitative estimate of drug-likeness (QED) is 0.691. The molecule has 0 unspecified atom stereocenters. The molecule has 0 aliphatic heterocycles. The topological polar surface area (TPSA) is 32.9 Å². The third-order valence-corrected chi connectivity index (χ3v) is 1.81. The minimum absolute atomic E-state index is 0.102. The largest absolute Gasteiger partial charge is 0.329 e. The zero-order valence-corrected chi connectivity index (χ0v) is 6.82. The predicted octanol–water partition coefficient (Wildman–Crippen LogP) is 1.93. The zero-order chi connectivity index (χ0) is 9.30. The summed E-state index contributed by atoms with van der Waals surface area (Å²) < 4.78 is 24.6. The maximum atomic E-state index is 12.3. The van der Waals surface area contributed by atoms with Crippen LogP contribution in [0.1, 0.15) is 23.1 Å². The second kappa shape index (κ2) is 3.05. The average molecular weight is 173 g/mol. The number of aromatic nitrogens is 1. The monoisotopic (exact) mass is 173 g/mol. The fourth-order valence-corrected chi connectivity index (χ4v) is 1.11. The molecule has 1 N–H and O–H groups in total. The molecule has 1 heterocycles. The van der Waals surface area contributed by atoms with Crippen molar-refractivity contribution in [2.75, 3.05) is 0 Å². The summed E-state index contributed by atoms with van der Waals surface area (Å²) in [6, 6.07) is 0. The summed E-state index contributed by atoms with van der Waals surface area (Å²) in [6.07, 6.45) is -1.27. The van der Waals surface area contributed by atoms with E-state index in [2.05, 4.69) is 4.98 Å². The van der Waals surface area contributed by atoms with Crippen LogP contribution in [-0.2, 0) is 0 Å². The first-order chi connectivity index (χ1) is 5.54. The van der Waals surface area contributed by atoms with Crippen molar-refractivity contribution in [1.82, 2.24) is 4.98 Å². The lowest BCUT2D eigenvalue weighted by Gasteiger charge is -2.06. The van der Waals surface area contributed by atoms with Crippen LogP contribution in [-0.4, -0.2) is 4.98 Å². The fraction of sp³-hybridized carbons (Fsp3) is 0.375. The van der Waals surface area contributed by atoms with Crippen LogP contribution in [0.2, 0.25) is 0 Å². The van der Waals surface area contributed by atoms with E-state index in [9.17, 15) is 13.6 Å². The number of alkyl halides is 2. The van der Waals surface area contributed by atoms with Crippen molar-refractivity contribution in [2.24, 2.45) is 0 Å². The van der Waals surface area contributed by atoms with Crippen LogP contribution >= 0.6 is 0 Å². The van der Waals surface area contributed by atoms with Gasteiger partial charge in [0.05, 0.1) is 0 Å². The third-order valence-electron chi connectivity index (χ3n) is 1.81. The first-order valence-corrected chi connectivity index (χ1v) is 3.51. The minimum Gasteiger partial charge on any atom is -0.329 e. The molecular formula is C8H9F2NO. The molecule has 0 saturated heterocycles. The van der Waals surface area contributed by atoms with E-state index in [0.717, 1.165) is 0 Å². The Morgan fingerprint density at radius 3 is 2.42 bits per heavy atom. The molecule has 0 atom stereocenters. The Hall–Kier alpha value is -1.19. The van der Waals surface area contributed by atoms with Gasteiger partial charge in [0.15, 0.2) is 0 Å². The molecule has 2 nitrogen and oxygen atoms in total. The van der Waals surface area contributed by atoms with Crippen molar-refractivity contribution in [3.63, 3.8) is 0 Å². The summed E-state index contributed by atoms with van der Waals surface area (Å²) >= 11 is 0. The van der Waals surface area contributed by atoms with Crippen LogP contribution in [0.4, 0.5) is 8.78 Å². The number of rotatable bonds is 1. The van der Waals surface area contributed by atoms with Gasteiger partial charge < -0.3 is 4.98 Å². The summed E-state index contributed by atoms with van der Waals surface area (Å²) in [4.78, 5) is 13.3. The molecule has 1 rings (SSSR count). The van der Waals surface area contributed by atoms with E-state index in [1.165, 1.54) is 13.1 Å². The molecule has 0 spiro atoms. The van der Waals surface area contributed by atoms with E-state index < -0.39 is 12.0 Å². The van der Waals surface area contributed by atoms with Crippen LogP contribution < -0.4 is 5.56 Å². The molecule has 0 aliphatic carbocycles. The van der Waals surface area contributed by atoms with Gasteiger partial charge in [0, 0.05) is 17.3 Å². The van der Waals surface area contributed by atoms with Gasteiger partial charge in [-0.05, 0) is 19.4 Å². The van der Waals surface area contributed by atoms with E-state index in [-0.39, 0.29) is 11.1 Å².